The summed E-state index contributed by atoms with van der Waals surface area (Å²) < 4.78 is 38.6. The average molecular weight is 549 g/mol. The van der Waals surface area contributed by atoms with E-state index in [9.17, 15) is 13.2 Å². The summed E-state index contributed by atoms with van der Waals surface area (Å²) >= 11 is 4.37. The van der Waals surface area contributed by atoms with Gasteiger partial charge in [-0.15, -0.1) is 35.3 Å². The molecule has 0 atom stereocenters. The highest BCUT2D eigenvalue weighted by Crippen LogP contribution is 2.29. The predicted molar refractivity (Wildman–Crippen MR) is 108 cm³/mol. The molecule has 0 saturated carbocycles. The fourth-order valence-corrected chi connectivity index (χ4v) is 3.02. The van der Waals surface area contributed by atoms with Crippen molar-refractivity contribution >= 4 is 57.2 Å². The van der Waals surface area contributed by atoms with Crippen molar-refractivity contribution in [3.63, 3.8) is 0 Å². The number of alkyl halides is 3. The Morgan fingerprint density at radius 1 is 1.32 bits per heavy atom. The van der Waals surface area contributed by atoms with Crippen LogP contribution in [0.2, 0.25) is 0 Å². The van der Waals surface area contributed by atoms with Gasteiger partial charge >= 0.3 is 6.18 Å². The molecule has 0 unspecified atom stereocenters. The zero-order chi connectivity index (χ0) is 17.6. The van der Waals surface area contributed by atoms with Crippen LogP contribution in [0.1, 0.15) is 23.2 Å². The standard InChI is InChI=1S/C15H16BrF3N4S.HI/c1-2-20-14(21-7-10-4-3-5-11(16)6-10)22-8-13-23-12(9-24-13)15(17,18)19;/h3-6,9H,2,7-8H2,1H3,(H2,20,21,22);1H. The quantitative estimate of drug-likeness (QED) is 0.321. The van der Waals surface area contributed by atoms with Gasteiger partial charge < -0.3 is 10.6 Å². The number of halogens is 5. The molecule has 0 radical (unpaired) electrons. The van der Waals surface area contributed by atoms with Crippen molar-refractivity contribution in [1.29, 1.82) is 0 Å². The molecule has 2 N–H and O–H groups in total. The van der Waals surface area contributed by atoms with E-state index in [4.69, 9.17) is 0 Å². The highest BCUT2D eigenvalue weighted by Gasteiger charge is 2.33. The lowest BCUT2D eigenvalue weighted by Gasteiger charge is -2.10. The third-order valence-electron chi connectivity index (χ3n) is 2.90. The van der Waals surface area contributed by atoms with E-state index in [-0.39, 0.29) is 30.5 Å². The van der Waals surface area contributed by atoms with Crippen molar-refractivity contribution in [3.8, 4) is 0 Å². The lowest BCUT2D eigenvalue weighted by atomic mass is 10.2. The zero-order valence-electron chi connectivity index (χ0n) is 13.2. The molecule has 2 rings (SSSR count). The number of aliphatic imine (C=N–C) groups is 1. The molecule has 0 bridgehead atoms. The van der Waals surface area contributed by atoms with Gasteiger partial charge in [0.1, 0.15) is 5.01 Å². The van der Waals surface area contributed by atoms with Crippen LogP contribution in [0.3, 0.4) is 0 Å². The fourth-order valence-electron chi connectivity index (χ4n) is 1.83. The molecule has 0 aliphatic heterocycles. The van der Waals surface area contributed by atoms with E-state index in [1.165, 1.54) is 0 Å². The fraction of sp³-hybridized carbons (Fsp3) is 0.333. The van der Waals surface area contributed by atoms with Gasteiger partial charge in [0, 0.05) is 16.4 Å². The molecule has 0 spiro atoms. The molecule has 1 aromatic carbocycles. The van der Waals surface area contributed by atoms with Crippen molar-refractivity contribution in [3.05, 3.63) is 50.4 Å². The van der Waals surface area contributed by atoms with Gasteiger partial charge in [-0.1, -0.05) is 28.1 Å². The first-order valence-corrected chi connectivity index (χ1v) is 8.84. The Morgan fingerprint density at radius 2 is 2.08 bits per heavy atom. The molecule has 0 aliphatic rings. The highest BCUT2D eigenvalue weighted by molar-refractivity contribution is 14.0. The maximum Gasteiger partial charge on any atom is 0.434 e. The summed E-state index contributed by atoms with van der Waals surface area (Å²) in [6, 6.07) is 7.76. The summed E-state index contributed by atoms with van der Waals surface area (Å²) in [7, 11) is 0. The van der Waals surface area contributed by atoms with E-state index in [2.05, 4.69) is 36.5 Å². The molecule has 25 heavy (non-hydrogen) atoms. The Labute approximate surface area is 173 Å². The molecule has 0 saturated heterocycles. The van der Waals surface area contributed by atoms with Crippen molar-refractivity contribution in [2.75, 3.05) is 6.54 Å². The van der Waals surface area contributed by atoms with Gasteiger partial charge in [-0.05, 0) is 24.6 Å². The van der Waals surface area contributed by atoms with Crippen LogP contribution in [-0.2, 0) is 19.3 Å². The van der Waals surface area contributed by atoms with Crippen molar-refractivity contribution in [2.24, 2.45) is 4.99 Å². The molecule has 2 aromatic rings. The Balaban J connectivity index is 0.00000312. The summed E-state index contributed by atoms with van der Waals surface area (Å²) in [5, 5.41) is 7.42. The number of hydrogen-bond acceptors (Lipinski definition) is 3. The van der Waals surface area contributed by atoms with E-state index in [0.717, 1.165) is 26.8 Å². The van der Waals surface area contributed by atoms with Crippen molar-refractivity contribution in [1.82, 2.24) is 15.6 Å². The van der Waals surface area contributed by atoms with Gasteiger partial charge in [0.25, 0.3) is 0 Å². The minimum absolute atomic E-state index is 0. The average Bonchev–Trinajstić information content (AvgIpc) is 2.99. The Hall–Kier alpha value is -0.880. The molecular formula is C15H17BrF3IN4S. The number of nitrogens with one attached hydrogen (secondary N) is 2. The number of thiazole rings is 1. The van der Waals surface area contributed by atoms with Crippen LogP contribution >= 0.6 is 51.2 Å². The highest BCUT2D eigenvalue weighted by atomic mass is 127. The third kappa shape index (κ3) is 7.48. The predicted octanol–water partition coefficient (Wildman–Crippen LogP) is 4.80. The molecule has 1 heterocycles. The van der Waals surface area contributed by atoms with Crippen LogP contribution in [0.25, 0.3) is 0 Å². The molecule has 4 nitrogen and oxygen atoms in total. The normalized spacial score (nSPS) is 11.8. The maximum absolute atomic E-state index is 12.5. The topological polar surface area (TPSA) is 49.3 Å². The largest absolute Gasteiger partial charge is 0.434 e. The lowest BCUT2D eigenvalue weighted by Crippen LogP contribution is -2.36. The molecule has 0 fully saturated rings. The van der Waals surface area contributed by atoms with Crippen LogP contribution in [0, 0.1) is 0 Å². The smallest absolute Gasteiger partial charge is 0.357 e. The first-order chi connectivity index (χ1) is 11.4. The second-order valence-electron chi connectivity index (χ2n) is 4.80. The third-order valence-corrected chi connectivity index (χ3v) is 4.24. The van der Waals surface area contributed by atoms with Gasteiger partial charge in [0.05, 0.1) is 13.1 Å². The molecular weight excluding hydrogens is 532 g/mol. The van der Waals surface area contributed by atoms with E-state index >= 15 is 0 Å². The van der Waals surface area contributed by atoms with Crippen molar-refractivity contribution < 1.29 is 13.2 Å². The summed E-state index contributed by atoms with van der Waals surface area (Å²) in [5.41, 5.74) is 0.163. The number of hydrogen-bond donors (Lipinski definition) is 2. The second-order valence-corrected chi connectivity index (χ2v) is 6.66. The molecule has 1 aromatic heterocycles. The van der Waals surface area contributed by atoms with Gasteiger partial charge in [-0.3, -0.25) is 0 Å². The molecule has 0 amide bonds. The second kappa shape index (κ2) is 10.3. The lowest BCUT2D eigenvalue weighted by molar-refractivity contribution is -0.140. The Kier molecular flexibility index (Phi) is 9.14. The summed E-state index contributed by atoms with van der Waals surface area (Å²) in [4.78, 5) is 8.01. The number of nitrogens with zero attached hydrogens (tertiary/aromatic N) is 2. The van der Waals surface area contributed by atoms with E-state index < -0.39 is 11.9 Å². The van der Waals surface area contributed by atoms with Gasteiger partial charge in [0.15, 0.2) is 11.7 Å². The molecule has 138 valence electrons. The molecule has 10 heteroatoms. The summed E-state index contributed by atoms with van der Waals surface area (Å²) in [6.45, 7) is 3.21. The monoisotopic (exact) mass is 548 g/mol. The minimum Gasteiger partial charge on any atom is -0.357 e. The van der Waals surface area contributed by atoms with Crippen LogP contribution < -0.4 is 10.6 Å². The summed E-state index contributed by atoms with van der Waals surface area (Å²) in [5.74, 6) is 0.529. The Bertz CT molecular complexity index is 706. The first-order valence-electron chi connectivity index (χ1n) is 7.16. The summed E-state index contributed by atoms with van der Waals surface area (Å²) in [6.07, 6.45) is -4.41. The SMILES string of the molecule is CCNC(=NCc1cccc(Br)c1)NCc1nc(C(F)(F)F)cs1.I. The van der Waals surface area contributed by atoms with E-state index in [0.29, 0.717) is 24.1 Å². The van der Waals surface area contributed by atoms with E-state index in [1.54, 1.807) is 0 Å². The number of aromatic nitrogens is 1. The number of benzene rings is 1. The van der Waals surface area contributed by atoms with Crippen molar-refractivity contribution in [2.45, 2.75) is 26.2 Å². The minimum atomic E-state index is -4.41. The number of guanidine groups is 1. The zero-order valence-corrected chi connectivity index (χ0v) is 18.0. The van der Waals surface area contributed by atoms with Crippen LogP contribution in [0.15, 0.2) is 39.1 Å². The number of rotatable bonds is 5. The van der Waals surface area contributed by atoms with Crippen LogP contribution in [-0.4, -0.2) is 17.5 Å². The van der Waals surface area contributed by atoms with Crippen LogP contribution in [0.5, 0.6) is 0 Å². The molecule has 0 aliphatic carbocycles. The van der Waals surface area contributed by atoms with E-state index in [1.807, 2.05) is 31.2 Å². The maximum atomic E-state index is 12.5. The first kappa shape index (κ1) is 22.2. The van der Waals surface area contributed by atoms with Gasteiger partial charge in [-0.25, -0.2) is 9.98 Å². The Morgan fingerprint density at radius 3 is 2.68 bits per heavy atom. The van der Waals surface area contributed by atoms with Gasteiger partial charge in [0.2, 0.25) is 0 Å². The van der Waals surface area contributed by atoms with Gasteiger partial charge in [-0.2, -0.15) is 13.2 Å². The van der Waals surface area contributed by atoms with Crippen LogP contribution in [0.4, 0.5) is 13.2 Å².